The van der Waals surface area contributed by atoms with Gasteiger partial charge in [-0.05, 0) is 30.7 Å². The number of nitrogens with two attached hydrogens (primary N) is 1. The topological polar surface area (TPSA) is 98.9 Å². The Kier molecular flexibility index (Phi) is 5.59. The van der Waals surface area contributed by atoms with Crippen molar-refractivity contribution in [1.29, 1.82) is 0 Å². The van der Waals surface area contributed by atoms with Gasteiger partial charge in [0.1, 0.15) is 10.6 Å². The zero-order chi connectivity index (χ0) is 19.6. The lowest BCUT2D eigenvalue weighted by Crippen LogP contribution is -2.23. The highest BCUT2D eigenvalue weighted by molar-refractivity contribution is 7.89. The molecule has 1 aliphatic heterocycles. The minimum atomic E-state index is -4.18. The van der Waals surface area contributed by atoms with Gasteiger partial charge in [0.05, 0.1) is 23.7 Å². The summed E-state index contributed by atoms with van der Waals surface area (Å²) in [6, 6.07) is 11.4. The molecular weight excluding hydrogens is 392 g/mol. The molecule has 3 rings (SSSR count). The van der Waals surface area contributed by atoms with Gasteiger partial charge in [0.15, 0.2) is 5.75 Å². The van der Waals surface area contributed by atoms with Crippen LogP contribution < -0.4 is 14.8 Å². The van der Waals surface area contributed by atoms with E-state index >= 15 is 0 Å². The standard InChI is InChI=1S/C18H19ClN2O5S/c1-25-18(22)12-9-15(21-8-7-13(19)11-21)17(16(10-12)27(20,23)24)26-14-5-3-2-4-6-14/h2-6,9-10,13H,7-8,11H2,1H3,(H2,20,23,24). The molecule has 1 heterocycles. The molecule has 2 aromatic carbocycles. The fourth-order valence-electron chi connectivity index (χ4n) is 2.91. The van der Waals surface area contributed by atoms with Gasteiger partial charge in [-0.2, -0.15) is 0 Å². The Morgan fingerprint density at radius 3 is 2.52 bits per heavy atom. The lowest BCUT2D eigenvalue weighted by Gasteiger charge is -2.24. The van der Waals surface area contributed by atoms with E-state index in [1.54, 1.807) is 24.3 Å². The van der Waals surface area contributed by atoms with Crippen LogP contribution in [-0.4, -0.2) is 40.0 Å². The number of methoxy groups -OCH3 is 1. The molecule has 0 aliphatic carbocycles. The molecule has 2 aromatic rings. The molecule has 27 heavy (non-hydrogen) atoms. The van der Waals surface area contributed by atoms with Crippen molar-refractivity contribution in [2.75, 3.05) is 25.1 Å². The summed E-state index contributed by atoms with van der Waals surface area (Å²) in [6.07, 6.45) is 0.722. The van der Waals surface area contributed by atoms with E-state index in [0.717, 1.165) is 12.5 Å². The largest absolute Gasteiger partial charge is 0.465 e. The average Bonchev–Trinajstić information content (AvgIpc) is 3.07. The molecule has 1 unspecified atom stereocenters. The molecule has 1 saturated heterocycles. The summed E-state index contributed by atoms with van der Waals surface area (Å²) in [6.45, 7) is 1.08. The zero-order valence-corrected chi connectivity index (χ0v) is 16.2. The van der Waals surface area contributed by atoms with Crippen molar-refractivity contribution in [2.45, 2.75) is 16.7 Å². The summed E-state index contributed by atoms with van der Waals surface area (Å²) < 4.78 is 35.1. The molecule has 0 radical (unpaired) electrons. The van der Waals surface area contributed by atoms with Crippen molar-refractivity contribution in [2.24, 2.45) is 5.14 Å². The van der Waals surface area contributed by atoms with Crippen LogP contribution >= 0.6 is 11.6 Å². The third-order valence-corrected chi connectivity index (χ3v) is 5.47. The highest BCUT2D eigenvalue weighted by Crippen LogP contribution is 2.41. The van der Waals surface area contributed by atoms with Gasteiger partial charge in [0, 0.05) is 13.1 Å². The summed E-state index contributed by atoms with van der Waals surface area (Å²) in [7, 11) is -2.96. The predicted octanol–water partition coefficient (Wildman–Crippen LogP) is 2.73. The normalized spacial score (nSPS) is 17.0. The van der Waals surface area contributed by atoms with Crippen molar-refractivity contribution >= 4 is 33.3 Å². The second kappa shape index (κ2) is 7.75. The number of alkyl halides is 1. The number of nitrogens with zero attached hydrogens (tertiary/aromatic N) is 1. The Morgan fingerprint density at radius 2 is 1.96 bits per heavy atom. The summed E-state index contributed by atoms with van der Waals surface area (Å²) in [5.74, 6) is -0.174. The summed E-state index contributed by atoms with van der Waals surface area (Å²) in [5, 5.41) is 5.32. The third-order valence-electron chi connectivity index (χ3n) is 4.20. The first-order valence-electron chi connectivity index (χ1n) is 8.20. The second-order valence-electron chi connectivity index (χ2n) is 6.11. The second-order valence-corrected chi connectivity index (χ2v) is 8.25. The molecule has 9 heteroatoms. The molecule has 144 valence electrons. The number of esters is 1. The molecule has 1 aliphatic rings. The third kappa shape index (κ3) is 4.35. The van der Waals surface area contributed by atoms with Crippen LogP contribution in [0.1, 0.15) is 16.8 Å². The Bertz CT molecular complexity index is 950. The molecule has 2 N–H and O–H groups in total. The summed E-state index contributed by atoms with van der Waals surface area (Å²) in [5.41, 5.74) is 0.490. The maximum atomic E-state index is 12.2. The van der Waals surface area contributed by atoms with Crippen molar-refractivity contribution in [3.05, 3.63) is 48.0 Å². The van der Waals surface area contributed by atoms with E-state index in [1.807, 2.05) is 11.0 Å². The number of carbonyl (C=O) groups is 1. The number of para-hydroxylation sites is 1. The number of halogens is 1. The van der Waals surface area contributed by atoms with Gasteiger partial charge in [-0.3, -0.25) is 0 Å². The number of carbonyl (C=O) groups excluding carboxylic acids is 1. The van der Waals surface area contributed by atoms with Crippen LogP contribution in [0.25, 0.3) is 0 Å². The first kappa shape index (κ1) is 19.5. The fraction of sp³-hybridized carbons (Fsp3) is 0.278. The van der Waals surface area contributed by atoms with Crippen molar-refractivity contribution in [1.82, 2.24) is 0 Å². The van der Waals surface area contributed by atoms with Crippen LogP contribution in [0, 0.1) is 0 Å². The Morgan fingerprint density at radius 1 is 1.26 bits per heavy atom. The van der Waals surface area contributed by atoms with E-state index in [4.69, 9.17) is 26.2 Å². The molecule has 7 nitrogen and oxygen atoms in total. The molecule has 1 atom stereocenters. The molecular formula is C18H19ClN2O5S. The summed E-state index contributed by atoms with van der Waals surface area (Å²) >= 11 is 6.21. The van der Waals surface area contributed by atoms with Crippen LogP contribution in [-0.2, 0) is 14.8 Å². The van der Waals surface area contributed by atoms with Crippen molar-refractivity contribution in [3.63, 3.8) is 0 Å². The van der Waals surface area contributed by atoms with Crippen LogP contribution in [0.4, 0.5) is 5.69 Å². The van der Waals surface area contributed by atoms with E-state index < -0.39 is 16.0 Å². The number of ether oxygens (including phenoxy) is 2. The number of hydrogen-bond acceptors (Lipinski definition) is 6. The summed E-state index contributed by atoms with van der Waals surface area (Å²) in [4.78, 5) is 13.6. The van der Waals surface area contributed by atoms with Crippen LogP contribution in [0.15, 0.2) is 47.4 Å². The van der Waals surface area contributed by atoms with E-state index in [-0.39, 0.29) is 21.6 Å². The number of benzene rings is 2. The highest BCUT2D eigenvalue weighted by atomic mass is 35.5. The Hall–Kier alpha value is -2.29. The number of rotatable bonds is 5. The average molecular weight is 411 g/mol. The van der Waals surface area contributed by atoms with Gasteiger partial charge >= 0.3 is 5.97 Å². The minimum Gasteiger partial charge on any atom is -0.465 e. The first-order chi connectivity index (χ1) is 12.8. The van der Waals surface area contributed by atoms with E-state index in [2.05, 4.69) is 0 Å². The highest BCUT2D eigenvalue weighted by Gasteiger charge is 2.29. The number of primary sulfonamides is 1. The minimum absolute atomic E-state index is 0.0575. The number of anilines is 1. The molecule has 0 spiro atoms. The quantitative estimate of drug-likeness (QED) is 0.601. The maximum Gasteiger partial charge on any atom is 0.337 e. The Labute approximate surface area is 162 Å². The number of hydrogen-bond donors (Lipinski definition) is 1. The predicted molar refractivity (Wildman–Crippen MR) is 102 cm³/mol. The molecule has 0 aromatic heterocycles. The van der Waals surface area contributed by atoms with Gasteiger partial charge in [0.25, 0.3) is 0 Å². The fourth-order valence-corrected chi connectivity index (χ4v) is 3.87. The molecule has 0 bridgehead atoms. The lowest BCUT2D eigenvalue weighted by atomic mass is 10.1. The van der Waals surface area contributed by atoms with Crippen molar-refractivity contribution in [3.8, 4) is 11.5 Å². The Balaban J connectivity index is 2.21. The van der Waals surface area contributed by atoms with Crippen LogP contribution in [0.3, 0.4) is 0 Å². The lowest BCUT2D eigenvalue weighted by molar-refractivity contribution is 0.0600. The molecule has 0 amide bonds. The van der Waals surface area contributed by atoms with E-state index in [1.165, 1.54) is 13.2 Å². The smallest absolute Gasteiger partial charge is 0.337 e. The van der Waals surface area contributed by atoms with Gasteiger partial charge < -0.3 is 14.4 Å². The number of sulfonamides is 1. The van der Waals surface area contributed by atoms with Gasteiger partial charge in [0.2, 0.25) is 10.0 Å². The van der Waals surface area contributed by atoms with Crippen molar-refractivity contribution < 1.29 is 22.7 Å². The first-order valence-corrected chi connectivity index (χ1v) is 10.2. The zero-order valence-electron chi connectivity index (χ0n) is 14.6. The van der Waals surface area contributed by atoms with Gasteiger partial charge in [-0.1, -0.05) is 18.2 Å². The van der Waals surface area contributed by atoms with Crippen LogP contribution in [0.5, 0.6) is 11.5 Å². The van der Waals surface area contributed by atoms with E-state index in [9.17, 15) is 13.2 Å². The molecule has 1 fully saturated rings. The molecule has 0 saturated carbocycles. The monoisotopic (exact) mass is 410 g/mol. The maximum absolute atomic E-state index is 12.2. The van der Waals surface area contributed by atoms with E-state index in [0.29, 0.717) is 24.5 Å². The van der Waals surface area contributed by atoms with Gasteiger partial charge in [-0.25, -0.2) is 18.4 Å². The van der Waals surface area contributed by atoms with Crippen LogP contribution in [0.2, 0.25) is 0 Å². The van der Waals surface area contributed by atoms with Gasteiger partial charge in [-0.15, -0.1) is 11.6 Å². The SMILES string of the molecule is COC(=O)c1cc(N2CCC(Cl)C2)c(Oc2ccccc2)c(S(N)(=O)=O)c1.